The van der Waals surface area contributed by atoms with Gasteiger partial charge in [-0.2, -0.15) is 4.31 Å². The van der Waals surface area contributed by atoms with Crippen LogP contribution in [0, 0.1) is 12.8 Å². The van der Waals surface area contributed by atoms with Crippen LogP contribution in [0.4, 0.5) is 0 Å². The number of carbonyl (C=O) groups excluding carboxylic acids is 1. The zero-order valence-electron chi connectivity index (χ0n) is 16.5. The highest BCUT2D eigenvalue weighted by molar-refractivity contribution is 7.89. The molecule has 6 heteroatoms. The Balaban J connectivity index is 1.58. The fourth-order valence-corrected chi connectivity index (χ4v) is 4.91. The van der Waals surface area contributed by atoms with Crippen LogP contribution >= 0.6 is 0 Å². The molecule has 28 heavy (non-hydrogen) atoms. The first-order chi connectivity index (χ1) is 13.4. The van der Waals surface area contributed by atoms with Gasteiger partial charge in [0.15, 0.2) is 0 Å². The van der Waals surface area contributed by atoms with Crippen molar-refractivity contribution < 1.29 is 13.2 Å². The number of benzene rings is 2. The fraction of sp³-hybridized carbons (Fsp3) is 0.409. The lowest BCUT2D eigenvalue weighted by molar-refractivity contribution is 0.0954. The van der Waals surface area contributed by atoms with Gasteiger partial charge in [0.1, 0.15) is 0 Å². The lowest BCUT2D eigenvalue weighted by Gasteiger charge is -2.29. The minimum Gasteiger partial charge on any atom is -0.352 e. The average molecular weight is 401 g/mol. The Kier molecular flexibility index (Phi) is 6.52. The Morgan fingerprint density at radius 1 is 1.11 bits per heavy atom. The summed E-state index contributed by atoms with van der Waals surface area (Å²) in [5, 5.41) is 2.89. The SMILES string of the molecule is Cc1cccc(CCNC(=O)c2ccc(S(=O)(=O)N3CCC(C)CC3)cc2)c1. The molecule has 150 valence electrons. The Morgan fingerprint density at radius 3 is 2.43 bits per heavy atom. The highest BCUT2D eigenvalue weighted by Gasteiger charge is 2.28. The molecule has 1 amide bonds. The van der Waals surface area contributed by atoms with E-state index in [9.17, 15) is 13.2 Å². The second kappa shape index (κ2) is 8.88. The minimum absolute atomic E-state index is 0.191. The number of hydrogen-bond donors (Lipinski definition) is 1. The average Bonchev–Trinajstić information content (AvgIpc) is 2.68. The van der Waals surface area contributed by atoms with Gasteiger partial charge in [-0.05, 0) is 61.9 Å². The molecular weight excluding hydrogens is 372 g/mol. The first-order valence-electron chi connectivity index (χ1n) is 9.80. The Morgan fingerprint density at radius 2 is 1.79 bits per heavy atom. The summed E-state index contributed by atoms with van der Waals surface area (Å²) in [6, 6.07) is 14.4. The third-order valence-electron chi connectivity index (χ3n) is 5.28. The van der Waals surface area contributed by atoms with Gasteiger partial charge in [-0.1, -0.05) is 36.8 Å². The van der Waals surface area contributed by atoms with Crippen molar-refractivity contribution in [2.45, 2.75) is 38.0 Å². The second-order valence-electron chi connectivity index (χ2n) is 7.61. The van der Waals surface area contributed by atoms with Crippen LogP contribution in [0.5, 0.6) is 0 Å². The number of nitrogens with zero attached hydrogens (tertiary/aromatic N) is 1. The van der Waals surface area contributed by atoms with E-state index in [0.29, 0.717) is 31.1 Å². The van der Waals surface area contributed by atoms with Crippen LogP contribution in [0.3, 0.4) is 0 Å². The molecule has 0 bridgehead atoms. The highest BCUT2D eigenvalue weighted by Crippen LogP contribution is 2.23. The summed E-state index contributed by atoms with van der Waals surface area (Å²) in [7, 11) is -3.48. The van der Waals surface area contributed by atoms with E-state index < -0.39 is 10.0 Å². The predicted molar refractivity (Wildman–Crippen MR) is 111 cm³/mol. The minimum atomic E-state index is -3.48. The van der Waals surface area contributed by atoms with E-state index in [1.807, 2.05) is 25.1 Å². The van der Waals surface area contributed by atoms with E-state index >= 15 is 0 Å². The molecule has 2 aromatic rings. The van der Waals surface area contributed by atoms with Gasteiger partial charge in [0, 0.05) is 25.2 Å². The molecule has 0 radical (unpaired) electrons. The molecule has 0 unspecified atom stereocenters. The monoisotopic (exact) mass is 400 g/mol. The van der Waals surface area contributed by atoms with Crippen LogP contribution in [0.1, 0.15) is 41.3 Å². The number of carbonyl (C=O) groups is 1. The molecule has 1 fully saturated rings. The van der Waals surface area contributed by atoms with E-state index in [1.165, 1.54) is 23.3 Å². The van der Waals surface area contributed by atoms with Crippen molar-refractivity contribution in [1.82, 2.24) is 9.62 Å². The summed E-state index contributed by atoms with van der Waals surface area (Å²) in [5.41, 5.74) is 2.84. The molecule has 2 aromatic carbocycles. The Bertz CT molecular complexity index is 915. The van der Waals surface area contributed by atoms with Crippen LogP contribution in [-0.2, 0) is 16.4 Å². The van der Waals surface area contributed by atoms with Crippen molar-refractivity contribution in [1.29, 1.82) is 0 Å². The number of aryl methyl sites for hydroxylation is 1. The van der Waals surface area contributed by atoms with Crippen LogP contribution in [-0.4, -0.2) is 38.3 Å². The highest BCUT2D eigenvalue weighted by atomic mass is 32.2. The topological polar surface area (TPSA) is 66.5 Å². The Hall–Kier alpha value is -2.18. The van der Waals surface area contributed by atoms with Crippen LogP contribution in [0.15, 0.2) is 53.4 Å². The third-order valence-corrected chi connectivity index (χ3v) is 7.19. The summed E-state index contributed by atoms with van der Waals surface area (Å²) in [6.07, 6.45) is 2.54. The quantitative estimate of drug-likeness (QED) is 0.808. The molecule has 1 aliphatic heterocycles. The zero-order chi connectivity index (χ0) is 20.1. The number of nitrogens with one attached hydrogen (secondary N) is 1. The van der Waals surface area contributed by atoms with Crippen molar-refractivity contribution in [2.75, 3.05) is 19.6 Å². The normalized spacial score (nSPS) is 16.1. The number of piperidine rings is 1. The van der Waals surface area contributed by atoms with Crippen LogP contribution < -0.4 is 5.32 Å². The van der Waals surface area contributed by atoms with Crippen molar-refractivity contribution in [3.05, 3.63) is 65.2 Å². The maximum Gasteiger partial charge on any atom is 0.251 e. The molecule has 0 spiro atoms. The van der Waals surface area contributed by atoms with E-state index in [4.69, 9.17) is 0 Å². The van der Waals surface area contributed by atoms with Gasteiger partial charge in [-0.15, -0.1) is 0 Å². The van der Waals surface area contributed by atoms with E-state index in [0.717, 1.165) is 19.3 Å². The summed E-state index contributed by atoms with van der Waals surface area (Å²) in [5.74, 6) is 0.376. The molecule has 0 aliphatic carbocycles. The molecule has 1 saturated heterocycles. The fourth-order valence-electron chi connectivity index (χ4n) is 3.44. The van der Waals surface area contributed by atoms with Gasteiger partial charge in [0.05, 0.1) is 4.90 Å². The van der Waals surface area contributed by atoms with Gasteiger partial charge in [0.25, 0.3) is 5.91 Å². The molecule has 0 aromatic heterocycles. The maximum absolute atomic E-state index is 12.8. The Labute approximate surface area is 167 Å². The second-order valence-corrected chi connectivity index (χ2v) is 9.54. The third kappa shape index (κ3) is 5.00. The molecule has 5 nitrogen and oxygen atoms in total. The lowest BCUT2D eigenvalue weighted by atomic mass is 10.0. The van der Waals surface area contributed by atoms with Crippen molar-refractivity contribution in [3.8, 4) is 0 Å². The van der Waals surface area contributed by atoms with Gasteiger partial charge < -0.3 is 5.32 Å². The molecule has 3 rings (SSSR count). The number of hydrogen-bond acceptors (Lipinski definition) is 3. The standard InChI is InChI=1S/C22H28N2O3S/c1-17-11-14-24(15-12-17)28(26,27)21-8-6-20(7-9-21)22(25)23-13-10-19-5-3-4-18(2)16-19/h3-9,16-17H,10-15H2,1-2H3,(H,23,25). The summed E-state index contributed by atoms with van der Waals surface area (Å²) >= 11 is 0. The smallest absolute Gasteiger partial charge is 0.251 e. The van der Waals surface area contributed by atoms with Crippen LogP contribution in [0.25, 0.3) is 0 Å². The summed E-state index contributed by atoms with van der Waals surface area (Å²) < 4.78 is 27.1. The molecule has 1 heterocycles. The van der Waals surface area contributed by atoms with Gasteiger partial charge >= 0.3 is 0 Å². The van der Waals surface area contributed by atoms with Crippen molar-refractivity contribution >= 4 is 15.9 Å². The first-order valence-corrected chi connectivity index (χ1v) is 11.2. The van der Waals surface area contributed by atoms with Gasteiger partial charge in [-0.25, -0.2) is 8.42 Å². The zero-order valence-corrected chi connectivity index (χ0v) is 17.3. The van der Waals surface area contributed by atoms with Crippen LogP contribution in [0.2, 0.25) is 0 Å². The predicted octanol–water partition coefficient (Wildman–Crippen LogP) is 3.39. The maximum atomic E-state index is 12.8. The van der Waals surface area contributed by atoms with E-state index in [-0.39, 0.29) is 10.8 Å². The number of amides is 1. The van der Waals surface area contributed by atoms with Crippen molar-refractivity contribution in [3.63, 3.8) is 0 Å². The molecular formula is C22H28N2O3S. The molecule has 0 saturated carbocycles. The van der Waals surface area contributed by atoms with Crippen molar-refractivity contribution in [2.24, 2.45) is 5.92 Å². The van der Waals surface area contributed by atoms with Gasteiger partial charge in [0.2, 0.25) is 10.0 Å². The largest absolute Gasteiger partial charge is 0.352 e. The molecule has 1 N–H and O–H groups in total. The summed E-state index contributed by atoms with van der Waals surface area (Å²) in [4.78, 5) is 12.6. The number of sulfonamides is 1. The lowest BCUT2D eigenvalue weighted by Crippen LogP contribution is -2.37. The number of rotatable bonds is 6. The van der Waals surface area contributed by atoms with Gasteiger partial charge in [-0.3, -0.25) is 4.79 Å². The molecule has 0 atom stereocenters. The van der Waals surface area contributed by atoms with E-state index in [2.05, 4.69) is 18.3 Å². The molecule has 1 aliphatic rings. The summed E-state index contributed by atoms with van der Waals surface area (Å²) in [6.45, 7) is 5.85. The first kappa shape index (κ1) is 20.6. The van der Waals surface area contributed by atoms with E-state index in [1.54, 1.807) is 16.4 Å².